The summed E-state index contributed by atoms with van der Waals surface area (Å²) in [4.78, 5) is 3.93. The summed E-state index contributed by atoms with van der Waals surface area (Å²) in [5, 5.41) is 3.97. The molecule has 2 aromatic heterocycles. The molecular formula is C12H16N4O2S2. The van der Waals surface area contributed by atoms with Crippen LogP contribution in [0.5, 0.6) is 0 Å². The van der Waals surface area contributed by atoms with Crippen molar-refractivity contribution in [1.29, 1.82) is 0 Å². The number of anilines is 1. The van der Waals surface area contributed by atoms with Gasteiger partial charge in [0.1, 0.15) is 4.90 Å². The molecule has 0 amide bonds. The molecule has 20 heavy (non-hydrogen) atoms. The minimum absolute atomic E-state index is 0.0414. The van der Waals surface area contributed by atoms with Crippen LogP contribution in [0.4, 0.5) is 5.82 Å². The molecule has 0 radical (unpaired) electrons. The van der Waals surface area contributed by atoms with Crippen LogP contribution < -0.4 is 16.0 Å². The van der Waals surface area contributed by atoms with Gasteiger partial charge in [-0.3, -0.25) is 0 Å². The standard InChI is InChI=1S/C12H16N4O2S2/c1-9(7-10-4-6-19-8-10)16-20(17,18)11-3-2-5-14-12(11)15-13/h2-6,8-9,16H,7,13H2,1H3,(H,14,15). The smallest absolute Gasteiger partial charge is 0.244 e. The van der Waals surface area contributed by atoms with E-state index in [0.29, 0.717) is 6.42 Å². The molecule has 0 aliphatic rings. The summed E-state index contributed by atoms with van der Waals surface area (Å²) in [5.41, 5.74) is 3.40. The van der Waals surface area contributed by atoms with E-state index in [1.54, 1.807) is 17.4 Å². The van der Waals surface area contributed by atoms with Crippen LogP contribution in [0.2, 0.25) is 0 Å². The number of nitrogen functional groups attached to an aromatic ring is 1. The summed E-state index contributed by atoms with van der Waals surface area (Å²) in [6.07, 6.45) is 2.11. The molecule has 2 rings (SSSR count). The number of thiophene rings is 1. The van der Waals surface area contributed by atoms with Gasteiger partial charge < -0.3 is 5.43 Å². The third kappa shape index (κ3) is 3.54. The third-order valence-corrected chi connectivity index (χ3v) is 5.03. The van der Waals surface area contributed by atoms with Crippen LogP contribution in [-0.4, -0.2) is 19.4 Å². The Morgan fingerprint density at radius 1 is 1.45 bits per heavy atom. The van der Waals surface area contributed by atoms with Gasteiger partial charge in [-0.2, -0.15) is 11.3 Å². The second kappa shape index (κ2) is 6.31. The number of hydrogen-bond acceptors (Lipinski definition) is 6. The minimum atomic E-state index is -3.66. The number of nitrogens with two attached hydrogens (primary N) is 1. The molecule has 0 saturated heterocycles. The highest BCUT2D eigenvalue weighted by Gasteiger charge is 2.21. The van der Waals surface area contributed by atoms with Gasteiger partial charge in [0.25, 0.3) is 0 Å². The van der Waals surface area contributed by atoms with Crippen LogP contribution >= 0.6 is 11.3 Å². The van der Waals surface area contributed by atoms with E-state index in [1.165, 1.54) is 12.3 Å². The summed E-state index contributed by atoms with van der Waals surface area (Å²) in [6.45, 7) is 1.82. The number of rotatable bonds is 6. The van der Waals surface area contributed by atoms with Gasteiger partial charge in [0.15, 0.2) is 5.82 Å². The molecule has 2 heterocycles. The number of sulfonamides is 1. The lowest BCUT2D eigenvalue weighted by molar-refractivity contribution is 0.560. The lowest BCUT2D eigenvalue weighted by atomic mass is 10.1. The molecule has 0 aliphatic heterocycles. The quantitative estimate of drug-likeness (QED) is 0.552. The van der Waals surface area contributed by atoms with Crippen molar-refractivity contribution in [2.75, 3.05) is 5.43 Å². The first-order valence-electron chi connectivity index (χ1n) is 5.98. The summed E-state index contributed by atoms with van der Waals surface area (Å²) in [5.74, 6) is 5.41. The predicted octanol–water partition coefficient (Wildman–Crippen LogP) is 1.34. The average molecular weight is 312 g/mol. The van der Waals surface area contributed by atoms with Crippen molar-refractivity contribution in [3.05, 3.63) is 40.7 Å². The molecule has 8 heteroatoms. The van der Waals surface area contributed by atoms with Crippen LogP contribution in [-0.2, 0) is 16.4 Å². The first-order valence-corrected chi connectivity index (χ1v) is 8.40. The fourth-order valence-corrected chi connectivity index (χ4v) is 3.89. The number of pyridine rings is 1. The second-order valence-corrected chi connectivity index (χ2v) is 6.81. The maximum absolute atomic E-state index is 12.3. The molecule has 0 bridgehead atoms. The molecular weight excluding hydrogens is 296 g/mol. The molecule has 0 fully saturated rings. The van der Waals surface area contributed by atoms with E-state index in [4.69, 9.17) is 5.84 Å². The van der Waals surface area contributed by atoms with Gasteiger partial charge in [-0.05, 0) is 47.9 Å². The number of hydrogen-bond donors (Lipinski definition) is 3. The maximum Gasteiger partial charge on any atom is 0.244 e. The summed E-state index contributed by atoms with van der Waals surface area (Å²) >= 11 is 1.59. The van der Waals surface area contributed by atoms with E-state index < -0.39 is 10.0 Å². The van der Waals surface area contributed by atoms with Crippen molar-refractivity contribution in [3.8, 4) is 0 Å². The Labute approximate surface area is 122 Å². The van der Waals surface area contributed by atoms with Gasteiger partial charge in [-0.15, -0.1) is 0 Å². The Morgan fingerprint density at radius 2 is 2.25 bits per heavy atom. The molecule has 4 N–H and O–H groups in total. The van der Waals surface area contributed by atoms with Gasteiger partial charge >= 0.3 is 0 Å². The number of nitrogens with one attached hydrogen (secondary N) is 2. The summed E-state index contributed by atoms with van der Waals surface area (Å²) in [7, 11) is -3.66. The van der Waals surface area contributed by atoms with Crippen molar-refractivity contribution in [1.82, 2.24) is 9.71 Å². The first kappa shape index (κ1) is 14.9. The Morgan fingerprint density at radius 3 is 2.90 bits per heavy atom. The molecule has 0 saturated carbocycles. The molecule has 0 aromatic carbocycles. The zero-order valence-electron chi connectivity index (χ0n) is 10.9. The normalized spacial score (nSPS) is 13.1. The molecule has 2 aromatic rings. The molecule has 0 spiro atoms. The van der Waals surface area contributed by atoms with Crippen LogP contribution in [0.1, 0.15) is 12.5 Å². The zero-order valence-corrected chi connectivity index (χ0v) is 12.5. The molecule has 1 unspecified atom stereocenters. The van der Waals surface area contributed by atoms with Crippen LogP contribution in [0.15, 0.2) is 40.1 Å². The third-order valence-electron chi connectivity index (χ3n) is 2.68. The Hall–Kier alpha value is -1.48. The van der Waals surface area contributed by atoms with E-state index in [2.05, 4.69) is 15.1 Å². The van der Waals surface area contributed by atoms with Crippen molar-refractivity contribution in [2.24, 2.45) is 5.84 Å². The molecule has 108 valence electrons. The van der Waals surface area contributed by atoms with Gasteiger partial charge in [0.05, 0.1) is 0 Å². The number of aromatic nitrogens is 1. The highest BCUT2D eigenvalue weighted by molar-refractivity contribution is 7.89. The fourth-order valence-electron chi connectivity index (χ4n) is 1.85. The summed E-state index contributed by atoms with van der Waals surface area (Å²) < 4.78 is 27.2. The Balaban J connectivity index is 2.14. The van der Waals surface area contributed by atoms with Crippen LogP contribution in [0.25, 0.3) is 0 Å². The van der Waals surface area contributed by atoms with Crippen LogP contribution in [0.3, 0.4) is 0 Å². The van der Waals surface area contributed by atoms with Gasteiger partial charge in [-0.1, -0.05) is 0 Å². The van der Waals surface area contributed by atoms with Crippen molar-refractivity contribution < 1.29 is 8.42 Å². The highest BCUT2D eigenvalue weighted by Crippen LogP contribution is 2.17. The van der Waals surface area contributed by atoms with Gasteiger partial charge in [0, 0.05) is 12.2 Å². The lowest BCUT2D eigenvalue weighted by Crippen LogP contribution is -2.34. The molecule has 0 aliphatic carbocycles. The minimum Gasteiger partial charge on any atom is -0.307 e. The predicted molar refractivity (Wildman–Crippen MR) is 79.9 cm³/mol. The van der Waals surface area contributed by atoms with E-state index in [9.17, 15) is 8.42 Å². The molecule has 6 nitrogen and oxygen atoms in total. The average Bonchev–Trinajstić information content (AvgIpc) is 2.90. The number of nitrogens with zero attached hydrogens (tertiary/aromatic N) is 1. The van der Waals surface area contributed by atoms with E-state index >= 15 is 0 Å². The maximum atomic E-state index is 12.3. The topological polar surface area (TPSA) is 97.1 Å². The monoisotopic (exact) mass is 312 g/mol. The second-order valence-electron chi connectivity index (χ2n) is 4.35. The lowest BCUT2D eigenvalue weighted by Gasteiger charge is -2.15. The van der Waals surface area contributed by atoms with Crippen molar-refractivity contribution >= 4 is 27.2 Å². The van der Waals surface area contributed by atoms with E-state index in [1.807, 2.05) is 23.8 Å². The highest BCUT2D eigenvalue weighted by atomic mass is 32.2. The van der Waals surface area contributed by atoms with Gasteiger partial charge in [-0.25, -0.2) is 24.0 Å². The molecule has 1 atom stereocenters. The largest absolute Gasteiger partial charge is 0.307 e. The van der Waals surface area contributed by atoms with Crippen molar-refractivity contribution in [2.45, 2.75) is 24.3 Å². The fraction of sp³-hybridized carbons (Fsp3) is 0.250. The number of hydrazine groups is 1. The SMILES string of the molecule is CC(Cc1ccsc1)NS(=O)(=O)c1cccnc1NN. The van der Waals surface area contributed by atoms with Crippen molar-refractivity contribution in [3.63, 3.8) is 0 Å². The van der Waals surface area contributed by atoms with Crippen LogP contribution in [0, 0.1) is 0 Å². The van der Waals surface area contributed by atoms with Gasteiger partial charge in [0.2, 0.25) is 10.0 Å². The zero-order chi connectivity index (χ0) is 14.6. The van der Waals surface area contributed by atoms with E-state index in [0.717, 1.165) is 5.56 Å². The first-order chi connectivity index (χ1) is 9.53. The Kier molecular flexibility index (Phi) is 4.71. The van der Waals surface area contributed by atoms with E-state index in [-0.39, 0.29) is 16.8 Å². The Bertz CT molecular complexity index is 656. The summed E-state index contributed by atoms with van der Waals surface area (Å²) in [6, 6.07) is 4.77.